The van der Waals surface area contributed by atoms with Crippen LogP contribution in [0.25, 0.3) is 0 Å². The van der Waals surface area contributed by atoms with E-state index in [9.17, 15) is 0 Å². The highest BCUT2D eigenvalue weighted by Crippen LogP contribution is 2.24. The zero-order valence-corrected chi connectivity index (χ0v) is 14.4. The molecule has 3 heteroatoms. The molecule has 0 radical (unpaired) electrons. The van der Waals surface area contributed by atoms with Gasteiger partial charge in [0, 0.05) is 11.4 Å². The van der Waals surface area contributed by atoms with E-state index in [0.29, 0.717) is 0 Å². The van der Waals surface area contributed by atoms with Crippen molar-refractivity contribution < 1.29 is 0 Å². The Morgan fingerprint density at radius 1 is 1.29 bits per heavy atom. The number of nitrogens with one attached hydrogen (secondary N) is 1. The summed E-state index contributed by atoms with van der Waals surface area (Å²) in [6.45, 7) is 8.26. The maximum atomic E-state index is 8.99. The molecule has 0 saturated heterocycles. The monoisotopic (exact) mass is 304 g/mol. The average molecular weight is 305 g/mol. The molecule has 21 heavy (non-hydrogen) atoms. The van der Waals surface area contributed by atoms with E-state index in [1.54, 1.807) is 0 Å². The van der Waals surface area contributed by atoms with Crippen LogP contribution in [0.1, 0.15) is 52.0 Å². The number of hydrogen-bond acceptors (Lipinski definition) is 3. The van der Waals surface area contributed by atoms with E-state index in [2.05, 4.69) is 42.6 Å². The maximum Gasteiger partial charge on any atom is 0.0683 e. The summed E-state index contributed by atoms with van der Waals surface area (Å²) in [6.07, 6.45) is 4.47. The van der Waals surface area contributed by atoms with E-state index in [1.807, 2.05) is 25.6 Å². The van der Waals surface area contributed by atoms with Gasteiger partial charge in [0.05, 0.1) is 11.5 Å². The topological polar surface area (TPSA) is 35.8 Å². The van der Waals surface area contributed by atoms with E-state index < -0.39 is 0 Å². The van der Waals surface area contributed by atoms with Gasteiger partial charge in [-0.1, -0.05) is 25.5 Å². The van der Waals surface area contributed by atoms with Gasteiger partial charge in [0.1, 0.15) is 0 Å². The Morgan fingerprint density at radius 2 is 2.10 bits per heavy atom. The molecule has 0 saturated carbocycles. The lowest BCUT2D eigenvalue weighted by molar-refractivity contribution is 0.433. The van der Waals surface area contributed by atoms with E-state index >= 15 is 0 Å². The largest absolute Gasteiger partial charge is 0.313 e. The number of nitrogens with zero attached hydrogens (tertiary/aromatic N) is 1. The average Bonchev–Trinajstić information content (AvgIpc) is 2.48. The normalized spacial score (nSPS) is 11.3. The van der Waals surface area contributed by atoms with E-state index in [-0.39, 0.29) is 5.41 Å². The van der Waals surface area contributed by atoms with Crippen LogP contribution in [0.4, 0.5) is 0 Å². The fourth-order valence-corrected chi connectivity index (χ4v) is 3.06. The van der Waals surface area contributed by atoms with Crippen LogP contribution >= 0.6 is 11.8 Å². The number of unbranched alkanes of at least 4 members (excludes halogenated alkanes) is 1. The summed E-state index contributed by atoms with van der Waals surface area (Å²) in [6, 6.07) is 11.2. The highest BCUT2D eigenvalue weighted by molar-refractivity contribution is 7.99. The Balaban J connectivity index is 2.26. The van der Waals surface area contributed by atoms with E-state index in [1.165, 1.54) is 23.3 Å². The van der Waals surface area contributed by atoms with E-state index in [4.69, 9.17) is 5.26 Å². The zero-order chi connectivity index (χ0) is 15.6. The second-order valence-corrected chi connectivity index (χ2v) is 7.29. The lowest BCUT2D eigenvalue weighted by Gasteiger charge is -2.14. The third kappa shape index (κ3) is 8.14. The first-order valence-electron chi connectivity index (χ1n) is 7.91. The molecule has 0 unspecified atom stereocenters. The maximum absolute atomic E-state index is 8.99. The molecule has 0 aliphatic carbocycles. The first-order chi connectivity index (χ1) is 10.1. The second kappa shape index (κ2) is 9.87. The molecule has 0 aliphatic rings. The predicted molar refractivity (Wildman–Crippen MR) is 92.4 cm³/mol. The highest BCUT2D eigenvalue weighted by Gasteiger charge is 2.15. The minimum absolute atomic E-state index is 0.171. The fraction of sp³-hybridized carbons (Fsp3) is 0.611. The van der Waals surface area contributed by atoms with Crippen LogP contribution in [-0.2, 0) is 6.54 Å². The van der Waals surface area contributed by atoms with Crippen LogP contribution in [0.2, 0.25) is 0 Å². The standard InChI is InChI=1S/C18H28N2S/c1-4-11-20-14-16-8-7-9-17(13-16)21-12-6-5-10-18(2,3)15-19/h7-9,13,20H,4-6,10-12,14H2,1-3H3. The zero-order valence-electron chi connectivity index (χ0n) is 13.6. The number of benzene rings is 1. The van der Waals surface area contributed by atoms with Gasteiger partial charge < -0.3 is 5.32 Å². The molecule has 0 atom stereocenters. The van der Waals surface area contributed by atoms with Gasteiger partial charge >= 0.3 is 0 Å². The highest BCUT2D eigenvalue weighted by atomic mass is 32.2. The van der Waals surface area contributed by atoms with Crippen LogP contribution in [0, 0.1) is 16.7 Å². The van der Waals surface area contributed by atoms with Gasteiger partial charge in [0.2, 0.25) is 0 Å². The number of nitriles is 1. The van der Waals surface area contributed by atoms with Crippen LogP contribution in [0.15, 0.2) is 29.2 Å². The first kappa shape index (κ1) is 18.1. The minimum Gasteiger partial charge on any atom is -0.313 e. The molecule has 1 rings (SSSR count). The van der Waals surface area contributed by atoms with Gasteiger partial charge in [-0.25, -0.2) is 0 Å². The Bertz CT molecular complexity index is 449. The van der Waals surface area contributed by atoms with Gasteiger partial charge in [-0.3, -0.25) is 0 Å². The summed E-state index contributed by atoms with van der Waals surface area (Å²) in [4.78, 5) is 1.35. The van der Waals surface area contributed by atoms with Gasteiger partial charge in [-0.05, 0) is 63.1 Å². The molecule has 0 bridgehead atoms. The number of hydrogen-bond donors (Lipinski definition) is 1. The van der Waals surface area contributed by atoms with Crippen LogP contribution in [-0.4, -0.2) is 12.3 Å². The lowest BCUT2D eigenvalue weighted by Crippen LogP contribution is -2.13. The Labute approximate surface area is 134 Å². The summed E-state index contributed by atoms with van der Waals surface area (Å²) < 4.78 is 0. The number of rotatable bonds is 10. The Kier molecular flexibility index (Phi) is 8.49. The Hall–Kier alpha value is -0.980. The van der Waals surface area contributed by atoms with Crippen molar-refractivity contribution in [3.8, 4) is 6.07 Å². The van der Waals surface area contributed by atoms with Gasteiger partial charge in [-0.15, -0.1) is 11.8 Å². The minimum atomic E-state index is -0.171. The molecule has 2 nitrogen and oxygen atoms in total. The van der Waals surface area contributed by atoms with Gasteiger partial charge in [0.25, 0.3) is 0 Å². The predicted octanol–water partition coefficient (Wildman–Crippen LogP) is 5.00. The van der Waals surface area contributed by atoms with Crippen molar-refractivity contribution in [1.82, 2.24) is 5.32 Å². The van der Waals surface area contributed by atoms with Crippen molar-refractivity contribution in [2.24, 2.45) is 5.41 Å². The van der Waals surface area contributed by atoms with Crippen molar-refractivity contribution in [1.29, 1.82) is 5.26 Å². The Morgan fingerprint density at radius 3 is 2.81 bits per heavy atom. The quantitative estimate of drug-likeness (QED) is 0.488. The SMILES string of the molecule is CCCNCc1cccc(SCCCCC(C)(C)C#N)c1. The smallest absolute Gasteiger partial charge is 0.0683 e. The molecule has 0 heterocycles. The van der Waals surface area contributed by atoms with Gasteiger partial charge in [0.15, 0.2) is 0 Å². The van der Waals surface area contributed by atoms with Gasteiger partial charge in [-0.2, -0.15) is 5.26 Å². The molecule has 116 valence electrons. The van der Waals surface area contributed by atoms with Crippen molar-refractivity contribution in [2.45, 2.75) is 57.9 Å². The molecule has 0 aliphatic heterocycles. The molecule has 0 aromatic heterocycles. The fourth-order valence-electron chi connectivity index (χ4n) is 2.07. The third-order valence-electron chi connectivity index (χ3n) is 3.42. The summed E-state index contributed by atoms with van der Waals surface area (Å²) in [5.74, 6) is 1.13. The molecule has 0 spiro atoms. The summed E-state index contributed by atoms with van der Waals surface area (Å²) in [7, 11) is 0. The molecular formula is C18H28N2S. The van der Waals surface area contributed by atoms with Crippen molar-refractivity contribution >= 4 is 11.8 Å². The summed E-state index contributed by atoms with van der Waals surface area (Å²) in [5.41, 5.74) is 1.19. The van der Waals surface area contributed by atoms with Crippen molar-refractivity contribution in [3.63, 3.8) is 0 Å². The van der Waals surface area contributed by atoms with Crippen LogP contribution in [0.3, 0.4) is 0 Å². The lowest BCUT2D eigenvalue weighted by atomic mass is 9.89. The second-order valence-electron chi connectivity index (χ2n) is 6.13. The molecule has 0 fully saturated rings. The molecule has 1 aromatic carbocycles. The first-order valence-corrected chi connectivity index (χ1v) is 8.89. The molecule has 0 amide bonds. The van der Waals surface area contributed by atoms with Crippen molar-refractivity contribution in [2.75, 3.05) is 12.3 Å². The number of thioether (sulfide) groups is 1. The van der Waals surface area contributed by atoms with E-state index in [0.717, 1.165) is 31.7 Å². The third-order valence-corrected chi connectivity index (χ3v) is 4.50. The molecule has 1 N–H and O–H groups in total. The molecule has 1 aromatic rings. The van der Waals surface area contributed by atoms with Crippen molar-refractivity contribution in [3.05, 3.63) is 29.8 Å². The van der Waals surface area contributed by atoms with Crippen LogP contribution in [0.5, 0.6) is 0 Å². The summed E-state index contributed by atoms with van der Waals surface area (Å²) in [5, 5.41) is 12.4. The summed E-state index contributed by atoms with van der Waals surface area (Å²) >= 11 is 1.92. The molecular weight excluding hydrogens is 276 g/mol. The van der Waals surface area contributed by atoms with Crippen LogP contribution < -0.4 is 5.32 Å².